The summed E-state index contributed by atoms with van der Waals surface area (Å²) in [6, 6.07) is 31.3. The molecule has 18 nitrogen and oxygen atoms in total. The number of hydrogen-bond acceptors (Lipinski definition) is 14. The van der Waals surface area contributed by atoms with E-state index in [4.69, 9.17) is 50.0 Å². The fraction of sp³-hybridized carbons (Fsp3) is 0.321. The van der Waals surface area contributed by atoms with Crippen LogP contribution in [0.3, 0.4) is 0 Å². The van der Waals surface area contributed by atoms with Gasteiger partial charge in [0.25, 0.3) is 20.0 Å². The van der Waals surface area contributed by atoms with Gasteiger partial charge in [0.2, 0.25) is 11.2 Å². The Morgan fingerprint density at radius 1 is 0.570 bits per heavy atom. The molecule has 10 rings (SSSR count). The summed E-state index contributed by atoms with van der Waals surface area (Å²) in [6.45, 7) is 11.0. The number of hydrogen-bond donors (Lipinski definition) is 4. The zero-order valence-corrected chi connectivity index (χ0v) is 48.1. The van der Waals surface area contributed by atoms with Crippen LogP contribution in [0.15, 0.2) is 144 Å². The smallest absolute Gasteiger partial charge is 0.407 e. The summed E-state index contributed by atoms with van der Waals surface area (Å²) in [5, 5.41) is 11.1. The van der Waals surface area contributed by atoms with Crippen LogP contribution < -0.4 is 21.7 Å². The number of nitrogens with two attached hydrogens (primary N) is 1. The highest BCUT2D eigenvalue weighted by Crippen LogP contribution is 2.38. The van der Waals surface area contributed by atoms with Gasteiger partial charge < -0.3 is 31.2 Å². The number of halogens is 3. The van der Waals surface area contributed by atoms with Crippen molar-refractivity contribution in [3.05, 3.63) is 149 Å². The van der Waals surface area contributed by atoms with E-state index in [0.29, 0.717) is 61.7 Å². The fourth-order valence-electron chi connectivity index (χ4n) is 9.17. The van der Waals surface area contributed by atoms with Crippen molar-refractivity contribution in [1.82, 2.24) is 38.5 Å². The second-order valence-electron chi connectivity index (χ2n) is 21.0. The number of nitrogens with one attached hydrogen (secondary N) is 3. The maximum Gasteiger partial charge on any atom is 0.407 e. The summed E-state index contributed by atoms with van der Waals surface area (Å²) in [7, 11) is -7.63. The Kier molecular flexibility index (Phi) is 17.9. The third-order valence-corrected chi connectivity index (χ3v) is 16.7. The predicted molar refractivity (Wildman–Crippen MR) is 308 cm³/mol. The second-order valence-corrected chi connectivity index (χ2v) is 25.8. The highest BCUT2D eigenvalue weighted by atomic mass is 35.5. The third-order valence-electron chi connectivity index (χ3n) is 12.6. The SMILES string of the molecule is CC(C)(C)OC(=O)N[C@@H]1CCC(Nc2ncc(Cl)c(-c3cn(S(=O)(=O)c4ccccc4)c4ccccc34)n2)C1.CC(C)(C)OC(=O)N[C@@H]1CC[C@H](N)C1.O=S(=O)(c1ccccc1)n1cc(-c2nc(Cl)ncc2Cl)c2ccccc21. The van der Waals surface area contributed by atoms with E-state index in [2.05, 4.69) is 35.9 Å². The van der Waals surface area contributed by atoms with Gasteiger partial charge in [-0.1, -0.05) is 96.0 Å². The van der Waals surface area contributed by atoms with E-state index in [1.54, 1.807) is 91.1 Å². The van der Waals surface area contributed by atoms with Crippen LogP contribution in [0.2, 0.25) is 15.3 Å². The van der Waals surface area contributed by atoms with E-state index in [0.717, 1.165) is 32.1 Å². The molecule has 4 aromatic carbocycles. The van der Waals surface area contributed by atoms with Crippen molar-refractivity contribution >= 4 is 94.8 Å². The van der Waals surface area contributed by atoms with E-state index in [9.17, 15) is 26.4 Å². The van der Waals surface area contributed by atoms with Gasteiger partial charge in [-0.25, -0.2) is 54.3 Å². The van der Waals surface area contributed by atoms with Crippen LogP contribution in [0.5, 0.6) is 0 Å². The molecule has 4 heterocycles. The average molecular weight is 1170 g/mol. The minimum Gasteiger partial charge on any atom is -0.444 e. The maximum atomic E-state index is 13.5. The molecule has 2 aliphatic carbocycles. The van der Waals surface area contributed by atoms with E-state index in [-0.39, 0.29) is 50.4 Å². The van der Waals surface area contributed by atoms with Crippen molar-refractivity contribution in [3.63, 3.8) is 0 Å². The lowest BCUT2D eigenvalue weighted by Gasteiger charge is -2.21. The lowest BCUT2D eigenvalue weighted by molar-refractivity contribution is 0.0493. The standard InChI is InChI=1S/C28H30ClN5O4S.C18H11Cl2N3O2S.C10H20N2O2/c1-28(2,3)38-27(35)32-19-14-13-18(15-19)31-26-30-16-23(29)25(33-26)22-17-34(24-12-8-7-11-21(22)24)39(36,37)20-9-5-4-6-10-20;19-15-10-21-18(20)22-17(15)14-11-23(16-9-5-4-8-13(14)16)26(24,25)12-6-2-1-3-7-12;1-10(2,3)14-9(13)12-8-5-4-7(11)6-8/h4-12,16-19H,13-15H2,1-3H3,(H,32,35)(H,30,31,33);1-11H;7-8H,4-6,11H2,1-3H3,(H,12,13)/t18?,19-;;7-,8+/m1.0/s1. The molecule has 4 aromatic heterocycles. The summed E-state index contributed by atoms with van der Waals surface area (Å²) in [4.78, 5) is 40.9. The molecule has 5 N–H and O–H groups in total. The number of rotatable bonds is 10. The van der Waals surface area contributed by atoms with E-state index < -0.39 is 37.3 Å². The molecular formula is C56H61Cl3N10O8S2. The maximum absolute atomic E-state index is 13.5. The molecule has 0 aliphatic heterocycles. The molecule has 1 unspecified atom stereocenters. The molecule has 4 atom stereocenters. The number of alkyl carbamates (subject to hydrolysis) is 2. The zero-order chi connectivity index (χ0) is 56.9. The van der Waals surface area contributed by atoms with Crippen molar-refractivity contribution in [2.75, 3.05) is 5.32 Å². The molecule has 0 saturated heterocycles. The van der Waals surface area contributed by atoms with Crippen LogP contribution in [0.1, 0.15) is 80.1 Å². The predicted octanol–water partition coefficient (Wildman–Crippen LogP) is 11.9. The van der Waals surface area contributed by atoms with Crippen LogP contribution in [0.4, 0.5) is 15.5 Å². The van der Waals surface area contributed by atoms with Gasteiger partial charge in [0.15, 0.2) is 0 Å². The van der Waals surface area contributed by atoms with Gasteiger partial charge in [-0.3, -0.25) is 0 Å². The number of fused-ring (bicyclic) bond motifs is 2. The number of aromatic nitrogens is 6. The minimum atomic E-state index is -3.85. The molecule has 2 saturated carbocycles. The van der Waals surface area contributed by atoms with E-state index in [1.807, 2.05) is 65.8 Å². The summed E-state index contributed by atoms with van der Waals surface area (Å²) >= 11 is 18.7. The second kappa shape index (κ2) is 24.3. The van der Waals surface area contributed by atoms with Crippen LogP contribution in [0, 0.1) is 0 Å². The third kappa shape index (κ3) is 14.5. The number of carbonyl (C=O) groups excluding carboxylic acids is 2. The van der Waals surface area contributed by atoms with Crippen molar-refractivity contribution in [3.8, 4) is 22.5 Å². The van der Waals surface area contributed by atoms with Crippen molar-refractivity contribution in [2.45, 2.75) is 125 Å². The summed E-state index contributed by atoms with van der Waals surface area (Å²) < 4.78 is 66.3. The summed E-state index contributed by atoms with van der Waals surface area (Å²) in [5.74, 6) is 0.375. The Balaban J connectivity index is 0.000000176. The fourth-order valence-corrected chi connectivity index (χ4v) is 12.5. The van der Waals surface area contributed by atoms with E-state index >= 15 is 0 Å². The number of benzene rings is 4. The van der Waals surface area contributed by atoms with Crippen molar-refractivity contribution in [1.29, 1.82) is 0 Å². The van der Waals surface area contributed by atoms with Gasteiger partial charge in [0.05, 0.1) is 54.7 Å². The van der Waals surface area contributed by atoms with Crippen LogP contribution in [-0.2, 0) is 29.5 Å². The van der Waals surface area contributed by atoms with Gasteiger partial charge in [-0.05, 0) is 128 Å². The van der Waals surface area contributed by atoms with Crippen LogP contribution in [0.25, 0.3) is 44.3 Å². The molecule has 2 fully saturated rings. The lowest BCUT2D eigenvalue weighted by Crippen LogP contribution is -2.38. The number of nitrogens with zero attached hydrogens (tertiary/aromatic N) is 6. The monoisotopic (exact) mass is 1170 g/mol. The average Bonchev–Trinajstić information content (AvgIpc) is 4.25. The van der Waals surface area contributed by atoms with E-state index in [1.165, 1.54) is 26.5 Å². The number of para-hydroxylation sites is 2. The topological polar surface area (TPSA) is 244 Å². The first-order valence-electron chi connectivity index (χ1n) is 25.4. The highest BCUT2D eigenvalue weighted by molar-refractivity contribution is 7.90. The molecule has 0 radical (unpaired) electrons. The molecular weight excluding hydrogens is 1110 g/mol. The van der Waals surface area contributed by atoms with Gasteiger partial charge in [0, 0.05) is 58.5 Å². The minimum absolute atomic E-state index is 0.0229. The first-order chi connectivity index (χ1) is 37.4. The van der Waals surface area contributed by atoms with Crippen LogP contribution in [-0.4, -0.2) is 92.3 Å². The molecule has 2 aliphatic rings. The Morgan fingerprint density at radius 2 is 0.987 bits per heavy atom. The van der Waals surface area contributed by atoms with Gasteiger partial charge in [-0.15, -0.1) is 0 Å². The quantitative estimate of drug-likeness (QED) is 0.0931. The molecule has 79 heavy (non-hydrogen) atoms. The molecule has 8 aromatic rings. The highest BCUT2D eigenvalue weighted by Gasteiger charge is 2.30. The number of amides is 2. The first kappa shape index (κ1) is 58.3. The molecule has 0 spiro atoms. The van der Waals surface area contributed by atoms with Gasteiger partial charge in [-0.2, -0.15) is 0 Å². The molecule has 416 valence electrons. The Bertz CT molecular complexity index is 3700. The first-order valence-corrected chi connectivity index (χ1v) is 29.4. The Labute approximate surface area is 474 Å². The zero-order valence-electron chi connectivity index (χ0n) is 44.2. The van der Waals surface area contributed by atoms with Gasteiger partial charge >= 0.3 is 12.2 Å². The number of ether oxygens (including phenoxy) is 2. The van der Waals surface area contributed by atoms with Crippen LogP contribution >= 0.6 is 34.8 Å². The Hall–Kier alpha value is -6.81. The molecule has 0 bridgehead atoms. The van der Waals surface area contributed by atoms with Gasteiger partial charge in [0.1, 0.15) is 11.2 Å². The lowest BCUT2D eigenvalue weighted by atomic mass is 10.1. The van der Waals surface area contributed by atoms with Crippen molar-refractivity contribution < 1.29 is 35.9 Å². The molecule has 23 heteroatoms. The Morgan fingerprint density at radius 3 is 1.46 bits per heavy atom. The largest absolute Gasteiger partial charge is 0.444 e. The molecule has 2 amide bonds. The number of carbonyl (C=O) groups is 2. The summed E-state index contributed by atoms with van der Waals surface area (Å²) in [5.41, 5.74) is 7.75. The summed E-state index contributed by atoms with van der Waals surface area (Å²) in [6.07, 6.45) is 10.3. The van der Waals surface area contributed by atoms with Crippen molar-refractivity contribution in [2.24, 2.45) is 5.73 Å². The number of anilines is 1. The normalized spacial score (nSPS) is 17.5.